The predicted molar refractivity (Wildman–Crippen MR) is 160 cm³/mol. The van der Waals surface area contributed by atoms with Gasteiger partial charge in [-0.25, -0.2) is 9.59 Å². The molecule has 10 heteroatoms. The summed E-state index contributed by atoms with van der Waals surface area (Å²) < 4.78 is 5.89. The third-order valence-electron chi connectivity index (χ3n) is 7.15. The van der Waals surface area contributed by atoms with Gasteiger partial charge in [0, 0.05) is 17.2 Å². The Morgan fingerprint density at radius 1 is 0.841 bits per heavy atom. The van der Waals surface area contributed by atoms with Gasteiger partial charge in [0.2, 0.25) is 0 Å². The van der Waals surface area contributed by atoms with E-state index >= 15 is 0 Å². The fourth-order valence-corrected chi connectivity index (χ4v) is 4.91. The molecule has 1 heterocycles. The number of nitrogens with one attached hydrogen (secondary N) is 1. The molecule has 1 aliphatic heterocycles. The van der Waals surface area contributed by atoms with E-state index in [0.717, 1.165) is 16.8 Å². The van der Waals surface area contributed by atoms with Crippen molar-refractivity contribution < 1.29 is 39.2 Å². The van der Waals surface area contributed by atoms with Crippen molar-refractivity contribution in [3.05, 3.63) is 130 Å². The van der Waals surface area contributed by atoms with Crippen LogP contribution in [0.1, 0.15) is 65.7 Å². The average Bonchev–Trinajstić information content (AvgIpc) is 3.37. The summed E-state index contributed by atoms with van der Waals surface area (Å²) in [4.78, 5) is 45.9. The van der Waals surface area contributed by atoms with E-state index < -0.39 is 29.9 Å². The number of benzene rings is 4. The maximum atomic E-state index is 13.1. The van der Waals surface area contributed by atoms with Crippen molar-refractivity contribution in [3.63, 3.8) is 0 Å². The normalized spacial score (nSPS) is 14.5. The molecule has 0 spiro atoms. The van der Waals surface area contributed by atoms with Gasteiger partial charge >= 0.3 is 17.9 Å². The maximum Gasteiger partial charge on any atom is 0.335 e. The Morgan fingerprint density at radius 2 is 1.48 bits per heavy atom. The van der Waals surface area contributed by atoms with Crippen molar-refractivity contribution in [1.29, 1.82) is 5.26 Å². The molecule has 10 nitrogen and oxygen atoms in total. The number of fused-ring (bicyclic) bond motifs is 1. The summed E-state index contributed by atoms with van der Waals surface area (Å²) in [6, 6.07) is 27.0. The highest BCUT2D eigenvalue weighted by molar-refractivity contribution is 6.04. The first-order valence-corrected chi connectivity index (χ1v) is 13.5. The predicted octanol–water partition coefficient (Wildman–Crippen LogP) is 5.76. The second-order valence-corrected chi connectivity index (χ2v) is 9.99. The zero-order chi connectivity index (χ0) is 31.8. The second kappa shape index (κ2) is 13.8. The highest BCUT2D eigenvalue weighted by Crippen LogP contribution is 2.41. The molecule has 2 atom stereocenters. The topological polar surface area (TPSA) is 174 Å². The number of hydrogen-bond donors (Lipinski definition) is 4. The lowest BCUT2D eigenvalue weighted by atomic mass is 9.87. The summed E-state index contributed by atoms with van der Waals surface area (Å²) in [6.07, 6.45) is -0.186. The van der Waals surface area contributed by atoms with E-state index in [4.69, 9.17) is 20.2 Å². The van der Waals surface area contributed by atoms with Crippen LogP contribution in [-0.2, 0) is 11.4 Å². The van der Waals surface area contributed by atoms with Crippen LogP contribution in [0.15, 0.2) is 91.0 Å². The Kier molecular flexibility index (Phi) is 9.73. The van der Waals surface area contributed by atoms with Gasteiger partial charge < -0.3 is 25.4 Å². The molecule has 0 aliphatic carbocycles. The monoisotopic (exact) mass is 592 g/mol. The number of carbonyl (C=O) groups is 4. The fourth-order valence-electron chi connectivity index (χ4n) is 4.91. The first kappa shape index (κ1) is 31.0. The van der Waals surface area contributed by atoms with Gasteiger partial charge in [0.15, 0.2) is 5.78 Å². The summed E-state index contributed by atoms with van der Waals surface area (Å²) in [6.45, 7) is 1.87. The van der Waals surface area contributed by atoms with E-state index in [1.165, 1.54) is 25.1 Å². The molecule has 0 amide bonds. The fraction of sp³-hybridized carbons (Fsp3) is 0.147. The Balaban J connectivity index is 0.000000285. The first-order valence-electron chi connectivity index (χ1n) is 13.5. The molecule has 222 valence electrons. The Hall–Kier alpha value is -5.95. The number of ether oxygens (including phenoxy) is 1. The molecule has 0 radical (unpaired) electrons. The minimum Gasteiger partial charge on any atom is -0.489 e. The molecule has 0 saturated heterocycles. The molecule has 44 heavy (non-hydrogen) atoms. The summed E-state index contributed by atoms with van der Waals surface area (Å²) >= 11 is 0. The molecule has 0 fully saturated rings. The van der Waals surface area contributed by atoms with Gasteiger partial charge in [0.25, 0.3) is 0 Å². The van der Waals surface area contributed by atoms with Crippen LogP contribution in [0.5, 0.6) is 5.75 Å². The van der Waals surface area contributed by atoms with Crippen LogP contribution in [-0.4, -0.2) is 45.1 Å². The quantitative estimate of drug-likeness (QED) is 0.175. The van der Waals surface area contributed by atoms with Gasteiger partial charge in [-0.05, 0) is 66.1 Å². The number of hydrogen-bond acceptors (Lipinski definition) is 7. The molecule has 4 aromatic rings. The smallest absolute Gasteiger partial charge is 0.335 e. The highest BCUT2D eigenvalue weighted by Gasteiger charge is 2.38. The summed E-state index contributed by atoms with van der Waals surface area (Å²) in [5, 5.41) is 39.0. The van der Waals surface area contributed by atoms with Gasteiger partial charge in [-0.15, -0.1) is 0 Å². The summed E-state index contributed by atoms with van der Waals surface area (Å²) in [5.74, 6) is -3.32. The van der Waals surface area contributed by atoms with Crippen LogP contribution < -0.4 is 10.1 Å². The number of Topliss-reactive ketones (excluding diaryl/α,β-unsaturated/α-hetero) is 1. The number of nitriles is 1. The van der Waals surface area contributed by atoms with E-state index in [2.05, 4.69) is 5.32 Å². The van der Waals surface area contributed by atoms with Crippen LogP contribution in [0.4, 0.5) is 5.69 Å². The zero-order valence-electron chi connectivity index (χ0n) is 23.6. The van der Waals surface area contributed by atoms with Gasteiger partial charge in [0.1, 0.15) is 12.4 Å². The van der Waals surface area contributed by atoms with E-state index in [0.29, 0.717) is 23.5 Å². The number of nitrogens with zero attached hydrogens (tertiary/aromatic N) is 1. The maximum absolute atomic E-state index is 13.1. The van der Waals surface area contributed by atoms with Gasteiger partial charge in [0.05, 0.1) is 35.2 Å². The largest absolute Gasteiger partial charge is 0.489 e. The first-order chi connectivity index (χ1) is 21.1. The molecular formula is C34H28N2O8. The average molecular weight is 593 g/mol. The minimum absolute atomic E-state index is 0.0277. The van der Waals surface area contributed by atoms with Crippen molar-refractivity contribution >= 4 is 29.4 Å². The van der Waals surface area contributed by atoms with Crippen LogP contribution in [0.3, 0.4) is 0 Å². The van der Waals surface area contributed by atoms with E-state index in [9.17, 15) is 24.3 Å². The molecule has 0 aromatic heterocycles. The molecule has 5 rings (SSSR count). The number of anilines is 1. The molecule has 4 aromatic carbocycles. The lowest BCUT2D eigenvalue weighted by Gasteiger charge is -2.18. The number of aliphatic carboxylic acids is 1. The van der Waals surface area contributed by atoms with Crippen molar-refractivity contribution in [2.75, 3.05) is 5.32 Å². The minimum atomic E-state index is -1.11. The lowest BCUT2D eigenvalue weighted by Crippen LogP contribution is -2.32. The zero-order valence-corrected chi connectivity index (χ0v) is 23.6. The van der Waals surface area contributed by atoms with Gasteiger partial charge in [-0.2, -0.15) is 5.26 Å². The van der Waals surface area contributed by atoms with E-state index in [1.807, 2.05) is 48.5 Å². The standard InChI is InChI=1S/C25H20N2O4.C9H8O4/c26-14-16-6-8-18(9-7-16)25(30)24-21(13-23(28)29)20-12-19(10-11-22(20)27-24)31-15-17-4-2-1-3-5-17;1-5-6(8(10)11)3-2-4-7(5)9(12)13/h1-12,21,24,27H,13,15H2,(H,28,29);2-4H,1H3,(H,10,11)(H,12,13). The Morgan fingerprint density at radius 3 is 2.05 bits per heavy atom. The van der Waals surface area contributed by atoms with Crippen molar-refractivity contribution in [3.8, 4) is 11.8 Å². The molecule has 0 bridgehead atoms. The van der Waals surface area contributed by atoms with E-state index in [1.54, 1.807) is 30.3 Å². The molecular weight excluding hydrogens is 564 g/mol. The van der Waals surface area contributed by atoms with Gasteiger partial charge in [-0.3, -0.25) is 9.59 Å². The summed E-state index contributed by atoms with van der Waals surface area (Å²) in [5.41, 5.74) is 3.73. The SMILES string of the molecule is Cc1c(C(=O)O)cccc1C(=O)O.N#Cc1ccc(C(=O)C2Nc3ccc(OCc4ccccc4)cc3C2CC(=O)O)cc1. The number of carboxylic acid groups (broad SMARTS) is 3. The number of rotatable bonds is 9. The van der Waals surface area contributed by atoms with Crippen molar-refractivity contribution in [1.82, 2.24) is 0 Å². The van der Waals surface area contributed by atoms with Crippen LogP contribution in [0, 0.1) is 18.3 Å². The summed E-state index contributed by atoms with van der Waals surface area (Å²) in [7, 11) is 0. The Bertz CT molecular complexity index is 1710. The molecule has 4 N–H and O–H groups in total. The molecule has 1 aliphatic rings. The highest BCUT2D eigenvalue weighted by atomic mass is 16.5. The number of ketones is 1. The third kappa shape index (κ3) is 7.27. The Labute approximate surface area is 252 Å². The number of carboxylic acids is 3. The second-order valence-electron chi connectivity index (χ2n) is 9.99. The lowest BCUT2D eigenvalue weighted by molar-refractivity contribution is -0.137. The van der Waals surface area contributed by atoms with Gasteiger partial charge in [-0.1, -0.05) is 48.5 Å². The van der Waals surface area contributed by atoms with Crippen LogP contribution >= 0.6 is 0 Å². The van der Waals surface area contributed by atoms with Crippen molar-refractivity contribution in [2.45, 2.75) is 31.9 Å². The molecule has 0 saturated carbocycles. The van der Waals surface area contributed by atoms with Crippen molar-refractivity contribution in [2.24, 2.45) is 0 Å². The third-order valence-corrected chi connectivity index (χ3v) is 7.15. The number of carbonyl (C=O) groups excluding carboxylic acids is 1. The van der Waals surface area contributed by atoms with E-state index in [-0.39, 0.29) is 28.9 Å². The van der Waals surface area contributed by atoms with Crippen LogP contribution in [0.25, 0.3) is 0 Å². The van der Waals surface area contributed by atoms with Crippen LogP contribution in [0.2, 0.25) is 0 Å². The molecule has 2 unspecified atom stereocenters. The number of aromatic carboxylic acids is 2.